The van der Waals surface area contributed by atoms with Gasteiger partial charge in [0.05, 0.1) is 17.9 Å². The van der Waals surface area contributed by atoms with E-state index in [1.807, 2.05) is 0 Å². The van der Waals surface area contributed by atoms with E-state index in [1.165, 1.54) is 6.92 Å². The summed E-state index contributed by atoms with van der Waals surface area (Å²) in [6.07, 6.45) is 6.80. The summed E-state index contributed by atoms with van der Waals surface area (Å²) in [7, 11) is 0. The van der Waals surface area contributed by atoms with E-state index in [1.54, 1.807) is 24.3 Å². The molecule has 2 aliphatic rings. The fraction of sp³-hybridized carbons (Fsp3) is 0.357. The summed E-state index contributed by atoms with van der Waals surface area (Å²) in [6, 6.07) is 2.10. The lowest BCUT2D eigenvalue weighted by molar-refractivity contribution is -0.163. The number of fused-ring (bicyclic) bond motifs is 2. The van der Waals surface area contributed by atoms with E-state index in [0.29, 0.717) is 5.57 Å². The minimum Gasteiger partial charge on any atom is -0.447 e. The zero-order valence-corrected chi connectivity index (χ0v) is 10.1. The fourth-order valence-electron chi connectivity index (χ4n) is 2.50. The highest BCUT2D eigenvalue weighted by Crippen LogP contribution is 2.41. The lowest BCUT2D eigenvalue weighted by Crippen LogP contribution is -2.50. The highest BCUT2D eigenvalue weighted by Gasteiger charge is 2.51. The first-order chi connectivity index (χ1) is 8.50. The van der Waals surface area contributed by atoms with E-state index < -0.39 is 23.4 Å². The van der Waals surface area contributed by atoms with Crippen LogP contribution in [-0.4, -0.2) is 17.4 Å². The van der Waals surface area contributed by atoms with Crippen LogP contribution in [0.2, 0.25) is 0 Å². The summed E-state index contributed by atoms with van der Waals surface area (Å²) < 4.78 is 5.22. The number of hydrogen-bond acceptors (Lipinski definition) is 4. The minimum atomic E-state index is -1.29. The van der Waals surface area contributed by atoms with Gasteiger partial charge in [0.15, 0.2) is 11.4 Å². The summed E-state index contributed by atoms with van der Waals surface area (Å²) in [6.45, 7) is 5.11. The standard InChI is InChI=1S/C14H13NO3/c1-9-7-14(18-10(2)16)6-4-3-5-11(13(14)17)12(9)8-15/h3-6,11-12H,1,7H2,2H3/t11-,12-,14-/m1/s1. The highest BCUT2D eigenvalue weighted by atomic mass is 16.6. The maximum Gasteiger partial charge on any atom is 0.303 e. The first-order valence-electron chi connectivity index (χ1n) is 5.67. The van der Waals surface area contributed by atoms with Gasteiger partial charge in [-0.05, 0) is 6.08 Å². The van der Waals surface area contributed by atoms with E-state index in [0.717, 1.165) is 0 Å². The molecule has 92 valence electrons. The number of nitrogens with zero attached hydrogens (tertiary/aromatic N) is 1. The normalized spacial score (nSPS) is 33.8. The predicted octanol–water partition coefficient (Wildman–Crippen LogP) is 1.70. The Hall–Kier alpha value is -2.15. The Bertz CT molecular complexity index is 524. The molecule has 0 N–H and O–H groups in total. The van der Waals surface area contributed by atoms with Crippen molar-refractivity contribution in [3.05, 3.63) is 36.5 Å². The molecule has 0 heterocycles. The van der Waals surface area contributed by atoms with E-state index in [9.17, 15) is 9.59 Å². The highest BCUT2D eigenvalue weighted by molar-refractivity contribution is 5.97. The number of Topliss-reactive ketones (excluding diaryl/α,β-unsaturated/α-hetero) is 1. The van der Waals surface area contributed by atoms with E-state index >= 15 is 0 Å². The molecule has 0 aromatic carbocycles. The van der Waals surface area contributed by atoms with Crippen molar-refractivity contribution in [1.29, 1.82) is 5.26 Å². The Morgan fingerprint density at radius 2 is 2.33 bits per heavy atom. The van der Waals surface area contributed by atoms with Crippen LogP contribution in [0.25, 0.3) is 0 Å². The summed E-state index contributed by atoms with van der Waals surface area (Å²) in [4.78, 5) is 23.6. The first kappa shape index (κ1) is 12.3. The van der Waals surface area contributed by atoms with Gasteiger partial charge < -0.3 is 4.74 Å². The molecule has 0 aromatic heterocycles. The van der Waals surface area contributed by atoms with E-state index in [2.05, 4.69) is 12.6 Å². The Morgan fingerprint density at radius 1 is 1.61 bits per heavy atom. The van der Waals surface area contributed by atoms with Crippen LogP contribution >= 0.6 is 0 Å². The summed E-state index contributed by atoms with van der Waals surface area (Å²) in [5.74, 6) is -1.90. The van der Waals surface area contributed by atoms with Gasteiger partial charge in [-0.1, -0.05) is 30.4 Å². The smallest absolute Gasteiger partial charge is 0.303 e. The third-order valence-electron chi connectivity index (χ3n) is 3.27. The van der Waals surface area contributed by atoms with Crippen molar-refractivity contribution in [3.8, 4) is 6.07 Å². The Kier molecular flexibility index (Phi) is 2.92. The molecule has 18 heavy (non-hydrogen) atoms. The SMILES string of the molecule is C=C1C[C@]2(OC(C)=O)C=CC=C[C@@H](C2=O)[C@@H]1C#N. The molecule has 2 aliphatic carbocycles. The molecule has 4 nitrogen and oxygen atoms in total. The van der Waals surface area contributed by atoms with E-state index in [-0.39, 0.29) is 12.2 Å². The van der Waals surface area contributed by atoms with Gasteiger partial charge >= 0.3 is 5.97 Å². The van der Waals surface area contributed by atoms with Gasteiger partial charge in [0.25, 0.3) is 0 Å². The number of hydrogen-bond donors (Lipinski definition) is 0. The van der Waals surface area contributed by atoms with Crippen LogP contribution < -0.4 is 0 Å². The number of carbonyl (C=O) groups is 2. The van der Waals surface area contributed by atoms with Crippen LogP contribution in [0, 0.1) is 23.2 Å². The van der Waals surface area contributed by atoms with Gasteiger partial charge in [-0.3, -0.25) is 9.59 Å². The van der Waals surface area contributed by atoms with Gasteiger partial charge in [0.2, 0.25) is 0 Å². The number of nitriles is 1. The number of esters is 1. The molecule has 0 radical (unpaired) electrons. The summed E-state index contributed by atoms with van der Waals surface area (Å²) in [5, 5.41) is 9.12. The van der Waals surface area contributed by atoms with Crippen LogP contribution in [-0.2, 0) is 14.3 Å². The molecule has 4 heteroatoms. The quantitative estimate of drug-likeness (QED) is 0.519. The lowest BCUT2D eigenvalue weighted by Gasteiger charge is -2.38. The van der Waals surface area contributed by atoms with Crippen molar-refractivity contribution >= 4 is 11.8 Å². The van der Waals surface area contributed by atoms with Crippen molar-refractivity contribution in [3.63, 3.8) is 0 Å². The van der Waals surface area contributed by atoms with Crippen LogP contribution in [0.4, 0.5) is 0 Å². The maximum atomic E-state index is 12.4. The molecule has 2 rings (SSSR count). The second-order valence-electron chi connectivity index (χ2n) is 4.56. The molecule has 2 bridgehead atoms. The topological polar surface area (TPSA) is 67.2 Å². The van der Waals surface area contributed by atoms with Crippen LogP contribution in [0.3, 0.4) is 0 Å². The average molecular weight is 243 g/mol. The zero-order chi connectivity index (χ0) is 13.3. The number of ketones is 1. The lowest BCUT2D eigenvalue weighted by atomic mass is 9.69. The van der Waals surface area contributed by atoms with Gasteiger partial charge in [0, 0.05) is 13.3 Å². The maximum absolute atomic E-state index is 12.4. The number of carbonyl (C=O) groups excluding carboxylic acids is 2. The largest absolute Gasteiger partial charge is 0.447 e. The fourth-order valence-corrected chi connectivity index (χ4v) is 2.50. The van der Waals surface area contributed by atoms with Crippen molar-refractivity contribution in [1.82, 2.24) is 0 Å². The monoisotopic (exact) mass is 243 g/mol. The van der Waals surface area contributed by atoms with E-state index in [4.69, 9.17) is 10.00 Å². The van der Waals surface area contributed by atoms with Gasteiger partial charge in [-0.25, -0.2) is 0 Å². The molecule has 0 spiro atoms. The molecule has 0 amide bonds. The van der Waals surface area contributed by atoms with Crippen molar-refractivity contribution < 1.29 is 14.3 Å². The molecule has 0 aliphatic heterocycles. The first-order valence-corrected chi connectivity index (χ1v) is 5.67. The molecule has 0 saturated heterocycles. The third-order valence-corrected chi connectivity index (χ3v) is 3.27. The molecular weight excluding hydrogens is 230 g/mol. The summed E-state index contributed by atoms with van der Waals surface area (Å²) in [5.41, 5.74) is -0.663. The van der Waals surface area contributed by atoms with Crippen molar-refractivity contribution in [2.24, 2.45) is 11.8 Å². The van der Waals surface area contributed by atoms with Crippen LogP contribution in [0.5, 0.6) is 0 Å². The third kappa shape index (κ3) is 1.78. The Labute approximate surface area is 105 Å². The second-order valence-corrected chi connectivity index (χ2v) is 4.56. The van der Waals surface area contributed by atoms with Gasteiger partial charge in [-0.2, -0.15) is 5.26 Å². The van der Waals surface area contributed by atoms with Crippen molar-refractivity contribution in [2.75, 3.05) is 0 Å². The minimum absolute atomic E-state index is 0.179. The average Bonchev–Trinajstić information content (AvgIpc) is 2.40. The number of ether oxygens (including phenoxy) is 1. The molecule has 1 saturated carbocycles. The molecule has 0 aromatic rings. The molecule has 0 unspecified atom stereocenters. The Morgan fingerprint density at radius 3 is 2.94 bits per heavy atom. The summed E-state index contributed by atoms with van der Waals surface area (Å²) >= 11 is 0. The number of allylic oxidation sites excluding steroid dienone is 3. The molecule has 3 atom stereocenters. The van der Waals surface area contributed by atoms with Crippen LogP contribution in [0.15, 0.2) is 36.5 Å². The molecule has 1 fully saturated rings. The molecular formula is C14H13NO3. The zero-order valence-electron chi connectivity index (χ0n) is 10.1. The Balaban J connectivity index is 2.49. The second kappa shape index (κ2) is 4.26. The van der Waals surface area contributed by atoms with Crippen molar-refractivity contribution in [2.45, 2.75) is 18.9 Å². The van der Waals surface area contributed by atoms with Gasteiger partial charge in [-0.15, -0.1) is 0 Å². The predicted molar refractivity (Wildman–Crippen MR) is 64.1 cm³/mol. The van der Waals surface area contributed by atoms with Gasteiger partial charge in [0.1, 0.15) is 0 Å². The number of rotatable bonds is 1. The van der Waals surface area contributed by atoms with Crippen LogP contribution in [0.1, 0.15) is 13.3 Å².